The number of aromatic nitrogens is 2. The van der Waals surface area contributed by atoms with Crippen molar-refractivity contribution < 1.29 is 4.74 Å². The Kier molecular flexibility index (Phi) is 4.51. The monoisotopic (exact) mass is 286 g/mol. The van der Waals surface area contributed by atoms with Gasteiger partial charge in [0.05, 0.1) is 6.10 Å². The molecule has 1 fully saturated rings. The first kappa shape index (κ1) is 14.1. The largest absolute Gasteiger partial charge is 0.377 e. The number of thioether (sulfide) groups is 1. The molecule has 5 heteroatoms. The van der Waals surface area contributed by atoms with Gasteiger partial charge in [-0.3, -0.25) is 0 Å². The van der Waals surface area contributed by atoms with Gasteiger partial charge < -0.3 is 4.74 Å². The maximum atomic E-state index is 6.06. The van der Waals surface area contributed by atoms with Crippen molar-refractivity contribution in [3.8, 4) is 0 Å². The van der Waals surface area contributed by atoms with Crippen molar-refractivity contribution in [3.05, 3.63) is 17.0 Å². The van der Waals surface area contributed by atoms with E-state index >= 15 is 0 Å². The average Bonchev–Trinajstić information content (AvgIpc) is 2.77. The van der Waals surface area contributed by atoms with Crippen molar-refractivity contribution in [3.63, 3.8) is 0 Å². The minimum atomic E-state index is -0.0793. The van der Waals surface area contributed by atoms with Gasteiger partial charge in [-0.1, -0.05) is 32.4 Å². The normalized spacial score (nSPS) is 20.3. The smallest absolute Gasteiger partial charge is 0.136 e. The van der Waals surface area contributed by atoms with E-state index in [1.807, 2.05) is 6.07 Å². The van der Waals surface area contributed by atoms with Crippen LogP contribution < -0.4 is 0 Å². The maximum Gasteiger partial charge on any atom is 0.136 e. The highest BCUT2D eigenvalue weighted by atomic mass is 35.5. The van der Waals surface area contributed by atoms with E-state index in [1.165, 1.54) is 6.42 Å². The van der Waals surface area contributed by atoms with E-state index in [2.05, 4.69) is 30.7 Å². The summed E-state index contributed by atoms with van der Waals surface area (Å²) >= 11 is 7.76. The number of ether oxygens (including phenoxy) is 1. The van der Waals surface area contributed by atoms with Crippen molar-refractivity contribution >= 4 is 23.4 Å². The predicted octanol–water partition coefficient (Wildman–Crippen LogP) is 3.70. The van der Waals surface area contributed by atoms with E-state index in [9.17, 15) is 0 Å². The standard InChI is InChI=1S/C13H19ClN2OS/c1-13(2,3)12-15-10(14)7-11(16-12)18-8-9-5-4-6-17-9/h7,9H,4-6,8H2,1-3H3. The zero-order chi connectivity index (χ0) is 13.2. The lowest BCUT2D eigenvalue weighted by Crippen LogP contribution is -2.16. The first-order valence-corrected chi connectivity index (χ1v) is 7.61. The SMILES string of the molecule is CC(C)(C)c1nc(Cl)cc(SCC2CCCO2)n1. The van der Waals surface area contributed by atoms with Gasteiger partial charge in [-0.05, 0) is 12.8 Å². The lowest BCUT2D eigenvalue weighted by Gasteiger charge is -2.17. The summed E-state index contributed by atoms with van der Waals surface area (Å²) in [5.74, 6) is 1.74. The molecule has 2 rings (SSSR count). The second-order valence-electron chi connectivity index (χ2n) is 5.55. The number of hydrogen-bond donors (Lipinski definition) is 0. The molecule has 0 radical (unpaired) electrons. The molecule has 0 aliphatic carbocycles. The second-order valence-corrected chi connectivity index (χ2v) is 6.98. The highest BCUT2D eigenvalue weighted by molar-refractivity contribution is 7.99. The van der Waals surface area contributed by atoms with Crippen molar-refractivity contribution in [2.45, 2.75) is 50.2 Å². The van der Waals surface area contributed by atoms with Crippen molar-refractivity contribution in [2.24, 2.45) is 0 Å². The van der Waals surface area contributed by atoms with Crippen LogP contribution in [0, 0.1) is 0 Å². The summed E-state index contributed by atoms with van der Waals surface area (Å²) in [6.07, 6.45) is 2.68. The Morgan fingerprint density at radius 3 is 2.83 bits per heavy atom. The van der Waals surface area contributed by atoms with Crippen molar-refractivity contribution in [1.29, 1.82) is 0 Å². The van der Waals surface area contributed by atoms with E-state index in [4.69, 9.17) is 16.3 Å². The van der Waals surface area contributed by atoms with E-state index in [0.29, 0.717) is 11.3 Å². The Morgan fingerprint density at radius 2 is 2.22 bits per heavy atom. The summed E-state index contributed by atoms with van der Waals surface area (Å²) in [5.41, 5.74) is -0.0793. The zero-order valence-corrected chi connectivity index (χ0v) is 12.6. The Hall–Kier alpha value is -0.320. The van der Waals surface area contributed by atoms with Crippen LogP contribution in [0.3, 0.4) is 0 Å². The first-order chi connectivity index (χ1) is 8.45. The van der Waals surface area contributed by atoms with Crippen LogP contribution >= 0.6 is 23.4 Å². The molecule has 1 aromatic heterocycles. The lowest BCUT2D eigenvalue weighted by molar-refractivity contribution is 0.129. The molecular weight excluding hydrogens is 268 g/mol. The molecule has 2 heterocycles. The lowest BCUT2D eigenvalue weighted by atomic mass is 9.96. The van der Waals surface area contributed by atoms with Crippen LogP contribution in [-0.2, 0) is 10.2 Å². The molecule has 0 saturated carbocycles. The minimum absolute atomic E-state index is 0.0793. The Balaban J connectivity index is 2.05. The fraction of sp³-hybridized carbons (Fsp3) is 0.692. The molecule has 1 atom stereocenters. The average molecular weight is 287 g/mol. The molecule has 0 aromatic carbocycles. The van der Waals surface area contributed by atoms with Crippen LogP contribution in [0.15, 0.2) is 11.1 Å². The maximum absolute atomic E-state index is 6.06. The van der Waals surface area contributed by atoms with Crippen LogP contribution in [0.1, 0.15) is 39.4 Å². The van der Waals surface area contributed by atoms with E-state index in [0.717, 1.165) is 29.6 Å². The van der Waals surface area contributed by atoms with Crippen LogP contribution in [0.5, 0.6) is 0 Å². The van der Waals surface area contributed by atoms with Crippen molar-refractivity contribution in [1.82, 2.24) is 9.97 Å². The van der Waals surface area contributed by atoms with Gasteiger partial charge in [0.2, 0.25) is 0 Å². The third kappa shape index (κ3) is 3.84. The van der Waals surface area contributed by atoms with E-state index in [1.54, 1.807) is 11.8 Å². The topological polar surface area (TPSA) is 35.0 Å². The molecule has 1 aromatic rings. The zero-order valence-electron chi connectivity index (χ0n) is 11.1. The number of rotatable bonds is 3. The highest BCUT2D eigenvalue weighted by Crippen LogP contribution is 2.27. The van der Waals surface area contributed by atoms with Crippen LogP contribution in [-0.4, -0.2) is 28.4 Å². The summed E-state index contributed by atoms with van der Waals surface area (Å²) < 4.78 is 5.61. The molecule has 0 amide bonds. The fourth-order valence-electron chi connectivity index (χ4n) is 1.76. The highest BCUT2D eigenvalue weighted by Gasteiger charge is 2.20. The minimum Gasteiger partial charge on any atom is -0.377 e. The third-order valence-electron chi connectivity index (χ3n) is 2.78. The molecule has 100 valence electrons. The summed E-state index contributed by atoms with van der Waals surface area (Å²) in [5, 5.41) is 1.46. The molecule has 18 heavy (non-hydrogen) atoms. The predicted molar refractivity (Wildman–Crippen MR) is 75.4 cm³/mol. The number of hydrogen-bond acceptors (Lipinski definition) is 4. The first-order valence-electron chi connectivity index (χ1n) is 6.24. The van der Waals surface area contributed by atoms with Gasteiger partial charge in [0.1, 0.15) is 16.0 Å². The summed E-state index contributed by atoms with van der Waals surface area (Å²) in [6.45, 7) is 7.16. The molecule has 1 saturated heterocycles. The van der Waals surface area contributed by atoms with Crippen LogP contribution in [0.25, 0.3) is 0 Å². The van der Waals surface area contributed by atoms with Gasteiger partial charge in [0, 0.05) is 23.8 Å². The van der Waals surface area contributed by atoms with Crippen LogP contribution in [0.2, 0.25) is 5.15 Å². The molecule has 1 aliphatic rings. The van der Waals surface area contributed by atoms with Gasteiger partial charge in [0.15, 0.2) is 0 Å². The fourth-order valence-corrected chi connectivity index (χ4v) is 2.97. The van der Waals surface area contributed by atoms with Crippen molar-refractivity contribution in [2.75, 3.05) is 12.4 Å². The quantitative estimate of drug-likeness (QED) is 0.627. The van der Waals surface area contributed by atoms with E-state index < -0.39 is 0 Å². The van der Waals surface area contributed by atoms with Gasteiger partial charge in [-0.15, -0.1) is 11.8 Å². The summed E-state index contributed by atoms with van der Waals surface area (Å²) in [6, 6.07) is 1.83. The van der Waals surface area contributed by atoms with Gasteiger partial charge >= 0.3 is 0 Å². The molecule has 3 nitrogen and oxygen atoms in total. The Morgan fingerprint density at radius 1 is 1.44 bits per heavy atom. The van der Waals surface area contributed by atoms with Gasteiger partial charge in [0.25, 0.3) is 0 Å². The second kappa shape index (κ2) is 5.76. The summed E-state index contributed by atoms with van der Waals surface area (Å²) in [4.78, 5) is 8.87. The molecule has 0 spiro atoms. The molecular formula is C13H19ClN2OS. The van der Waals surface area contributed by atoms with Gasteiger partial charge in [-0.2, -0.15) is 0 Å². The molecule has 1 unspecified atom stereocenters. The van der Waals surface area contributed by atoms with Gasteiger partial charge in [-0.25, -0.2) is 9.97 Å². The number of halogens is 1. The Bertz CT molecular complexity index is 414. The molecule has 0 bridgehead atoms. The Labute approximate surface area is 118 Å². The third-order valence-corrected chi connectivity index (χ3v) is 4.02. The molecule has 1 aliphatic heterocycles. The molecule has 0 N–H and O–H groups in total. The van der Waals surface area contributed by atoms with Crippen LogP contribution in [0.4, 0.5) is 0 Å². The number of nitrogens with zero attached hydrogens (tertiary/aromatic N) is 2. The van der Waals surface area contributed by atoms with E-state index in [-0.39, 0.29) is 5.41 Å². The summed E-state index contributed by atoms with van der Waals surface area (Å²) in [7, 11) is 0.